The van der Waals surface area contributed by atoms with Crippen molar-refractivity contribution in [2.45, 2.75) is 26.7 Å². The van der Waals surface area contributed by atoms with Gasteiger partial charge in [-0.1, -0.05) is 13.8 Å². The van der Waals surface area contributed by atoms with Crippen molar-refractivity contribution in [3.63, 3.8) is 0 Å². The van der Waals surface area contributed by atoms with Crippen molar-refractivity contribution < 1.29 is 14.3 Å². The molecule has 1 aliphatic carbocycles. The summed E-state index contributed by atoms with van der Waals surface area (Å²) in [6.45, 7) is 5.87. The van der Waals surface area contributed by atoms with Crippen molar-refractivity contribution in [1.82, 2.24) is 0 Å². The third-order valence-corrected chi connectivity index (χ3v) is 3.69. The summed E-state index contributed by atoms with van der Waals surface area (Å²) in [7, 11) is 0. The molecule has 0 saturated heterocycles. The average Bonchev–Trinajstić information content (AvgIpc) is 2.48. The van der Waals surface area contributed by atoms with Gasteiger partial charge in [-0.3, -0.25) is 4.79 Å². The maximum absolute atomic E-state index is 11.0. The lowest BCUT2D eigenvalue weighted by Crippen LogP contribution is -2.03. The molecule has 0 amide bonds. The van der Waals surface area contributed by atoms with Gasteiger partial charge < -0.3 is 9.52 Å². The number of aliphatic carboxylic acids is 1. The standard InChI is InChI=1S/C11H13BrO3/c1-5-4-6(12)15-9(5)7-8(10(13)14)11(7,2)3/h4,7-8H,1-3H3,(H,13,14)/t7-,8-/m1/s1. The Morgan fingerprint density at radius 2 is 2.20 bits per heavy atom. The second kappa shape index (κ2) is 3.11. The molecule has 0 bridgehead atoms. The fourth-order valence-corrected chi connectivity index (χ4v) is 2.87. The third kappa shape index (κ3) is 1.51. The van der Waals surface area contributed by atoms with Gasteiger partial charge in [-0.25, -0.2) is 0 Å². The van der Waals surface area contributed by atoms with E-state index in [2.05, 4.69) is 15.9 Å². The van der Waals surface area contributed by atoms with Gasteiger partial charge in [0.25, 0.3) is 0 Å². The molecule has 0 unspecified atom stereocenters. The quantitative estimate of drug-likeness (QED) is 0.900. The maximum atomic E-state index is 11.0. The summed E-state index contributed by atoms with van der Waals surface area (Å²) < 4.78 is 6.18. The van der Waals surface area contributed by atoms with E-state index in [0.717, 1.165) is 11.3 Å². The first-order valence-corrected chi connectivity index (χ1v) is 5.63. The highest BCUT2D eigenvalue weighted by Crippen LogP contribution is 2.65. The molecule has 1 aromatic rings. The number of furan rings is 1. The number of rotatable bonds is 2. The largest absolute Gasteiger partial charge is 0.481 e. The van der Waals surface area contributed by atoms with E-state index < -0.39 is 5.97 Å². The lowest BCUT2D eigenvalue weighted by Gasteiger charge is -1.99. The fraction of sp³-hybridized carbons (Fsp3) is 0.545. The second-order valence-electron chi connectivity index (χ2n) is 4.71. The molecule has 1 aromatic heterocycles. The van der Waals surface area contributed by atoms with Gasteiger partial charge in [0.05, 0.1) is 5.92 Å². The minimum Gasteiger partial charge on any atom is -0.481 e. The van der Waals surface area contributed by atoms with Crippen LogP contribution in [0.5, 0.6) is 0 Å². The van der Waals surface area contributed by atoms with Crippen LogP contribution in [0, 0.1) is 18.3 Å². The van der Waals surface area contributed by atoms with Crippen LogP contribution in [0.4, 0.5) is 0 Å². The maximum Gasteiger partial charge on any atom is 0.307 e. The Morgan fingerprint density at radius 3 is 2.53 bits per heavy atom. The lowest BCUT2D eigenvalue weighted by atomic mass is 10.1. The van der Waals surface area contributed by atoms with Crippen molar-refractivity contribution in [3.8, 4) is 0 Å². The minimum absolute atomic E-state index is 0.00120. The molecule has 2 atom stereocenters. The van der Waals surface area contributed by atoms with Gasteiger partial charge in [0.1, 0.15) is 5.76 Å². The lowest BCUT2D eigenvalue weighted by molar-refractivity contribution is -0.139. The highest BCUT2D eigenvalue weighted by Gasteiger charge is 2.64. The van der Waals surface area contributed by atoms with Crippen LogP contribution in [0.25, 0.3) is 0 Å². The Balaban J connectivity index is 2.35. The molecule has 1 heterocycles. The van der Waals surface area contributed by atoms with E-state index in [1.807, 2.05) is 26.8 Å². The molecule has 1 fully saturated rings. The first-order chi connectivity index (χ1) is 6.85. The van der Waals surface area contributed by atoms with Crippen LogP contribution in [0.2, 0.25) is 0 Å². The predicted molar refractivity (Wildman–Crippen MR) is 58.8 cm³/mol. The van der Waals surface area contributed by atoms with Gasteiger partial charge in [0.15, 0.2) is 4.67 Å². The first kappa shape index (κ1) is 10.7. The zero-order valence-electron chi connectivity index (χ0n) is 8.87. The van der Waals surface area contributed by atoms with E-state index in [9.17, 15) is 4.79 Å². The van der Waals surface area contributed by atoms with Crippen LogP contribution in [0.15, 0.2) is 15.2 Å². The summed E-state index contributed by atoms with van der Waals surface area (Å²) in [5.74, 6) is -0.258. The van der Waals surface area contributed by atoms with Crippen LogP contribution >= 0.6 is 15.9 Å². The summed E-state index contributed by atoms with van der Waals surface area (Å²) in [5.41, 5.74) is 0.817. The van der Waals surface area contributed by atoms with Crippen molar-refractivity contribution in [3.05, 3.63) is 22.1 Å². The van der Waals surface area contributed by atoms with E-state index in [0.29, 0.717) is 4.67 Å². The third-order valence-electron chi connectivity index (χ3n) is 3.30. The normalized spacial score (nSPS) is 27.7. The summed E-state index contributed by atoms with van der Waals surface area (Å²) >= 11 is 3.26. The van der Waals surface area contributed by atoms with Crippen LogP contribution < -0.4 is 0 Å². The number of halogens is 1. The molecular weight excluding hydrogens is 260 g/mol. The molecule has 0 radical (unpaired) electrons. The Bertz CT molecular complexity index is 419. The van der Waals surface area contributed by atoms with Crippen molar-refractivity contribution >= 4 is 21.9 Å². The number of hydrogen-bond donors (Lipinski definition) is 1. The van der Waals surface area contributed by atoms with Crippen molar-refractivity contribution in [1.29, 1.82) is 0 Å². The molecular formula is C11H13BrO3. The SMILES string of the molecule is Cc1cc(Br)oc1[C@H]1[C@H](C(=O)O)C1(C)C. The smallest absolute Gasteiger partial charge is 0.307 e. The van der Waals surface area contributed by atoms with Gasteiger partial charge in [-0.05, 0) is 39.9 Å². The topological polar surface area (TPSA) is 50.4 Å². The molecule has 2 rings (SSSR count). The Hall–Kier alpha value is -0.770. The monoisotopic (exact) mass is 272 g/mol. The van der Waals surface area contributed by atoms with Crippen LogP contribution in [-0.2, 0) is 4.79 Å². The molecule has 1 saturated carbocycles. The fourth-order valence-electron chi connectivity index (χ4n) is 2.35. The van der Waals surface area contributed by atoms with Crippen molar-refractivity contribution in [2.75, 3.05) is 0 Å². The van der Waals surface area contributed by atoms with Gasteiger partial charge in [0, 0.05) is 5.92 Å². The van der Waals surface area contributed by atoms with Gasteiger partial charge >= 0.3 is 5.97 Å². The molecule has 0 aromatic carbocycles. The highest BCUT2D eigenvalue weighted by molar-refractivity contribution is 9.10. The average molecular weight is 273 g/mol. The van der Waals surface area contributed by atoms with Gasteiger partial charge in [-0.2, -0.15) is 0 Å². The Kier molecular flexibility index (Phi) is 2.23. The Labute approximate surface area is 96.6 Å². The number of carbonyl (C=O) groups is 1. The summed E-state index contributed by atoms with van der Waals surface area (Å²) in [6.07, 6.45) is 0. The number of carboxylic acids is 1. The summed E-state index contributed by atoms with van der Waals surface area (Å²) in [6, 6.07) is 1.88. The molecule has 3 nitrogen and oxygen atoms in total. The Morgan fingerprint density at radius 1 is 1.60 bits per heavy atom. The van der Waals surface area contributed by atoms with E-state index >= 15 is 0 Å². The molecule has 1 aliphatic rings. The van der Waals surface area contributed by atoms with Crippen LogP contribution in [-0.4, -0.2) is 11.1 Å². The van der Waals surface area contributed by atoms with E-state index in [1.165, 1.54) is 0 Å². The zero-order valence-corrected chi connectivity index (χ0v) is 10.5. The summed E-state index contributed by atoms with van der Waals surface area (Å²) in [5, 5.41) is 9.06. The molecule has 0 aliphatic heterocycles. The number of aryl methyl sites for hydroxylation is 1. The van der Waals surface area contributed by atoms with Crippen LogP contribution in [0.3, 0.4) is 0 Å². The first-order valence-electron chi connectivity index (χ1n) is 4.84. The number of hydrogen-bond acceptors (Lipinski definition) is 2. The minimum atomic E-state index is -0.739. The molecule has 1 N–H and O–H groups in total. The van der Waals surface area contributed by atoms with Crippen molar-refractivity contribution in [2.24, 2.45) is 11.3 Å². The van der Waals surface area contributed by atoms with Gasteiger partial charge in [0.2, 0.25) is 0 Å². The van der Waals surface area contributed by atoms with E-state index in [4.69, 9.17) is 9.52 Å². The molecule has 82 valence electrons. The highest BCUT2D eigenvalue weighted by atomic mass is 79.9. The van der Waals surface area contributed by atoms with Crippen LogP contribution in [0.1, 0.15) is 31.1 Å². The predicted octanol–water partition coefficient (Wildman–Crippen LogP) is 3.17. The molecule has 4 heteroatoms. The number of carboxylic acid groups (broad SMARTS) is 1. The van der Waals surface area contributed by atoms with E-state index in [-0.39, 0.29) is 17.3 Å². The zero-order chi connectivity index (χ0) is 11.4. The second-order valence-corrected chi connectivity index (χ2v) is 5.49. The van der Waals surface area contributed by atoms with Gasteiger partial charge in [-0.15, -0.1) is 0 Å². The summed E-state index contributed by atoms with van der Waals surface area (Å²) in [4.78, 5) is 11.0. The van der Waals surface area contributed by atoms with E-state index in [1.54, 1.807) is 0 Å². The molecule has 15 heavy (non-hydrogen) atoms. The molecule has 0 spiro atoms.